The average molecular weight is 248 g/mol. The van der Waals surface area contributed by atoms with E-state index in [1.807, 2.05) is 42.2 Å². The van der Waals surface area contributed by atoms with Crippen LogP contribution in [0, 0.1) is 11.8 Å². The molecule has 0 aliphatic carbocycles. The predicted molar refractivity (Wildman–Crippen MR) is 74.9 cm³/mol. The Balaban J connectivity index is 2.75. The van der Waals surface area contributed by atoms with Crippen LogP contribution in [0.1, 0.15) is 26.3 Å². The first-order valence-electron chi connectivity index (χ1n) is 6.57. The third-order valence-corrected chi connectivity index (χ3v) is 2.89. The fourth-order valence-corrected chi connectivity index (χ4v) is 1.89. The summed E-state index contributed by atoms with van der Waals surface area (Å²) in [5.41, 5.74) is 6.75. The fraction of sp³-hybridized carbons (Fsp3) is 0.533. The minimum atomic E-state index is -0.104. The number of rotatable bonds is 6. The van der Waals surface area contributed by atoms with Crippen molar-refractivity contribution in [3.05, 3.63) is 35.9 Å². The van der Waals surface area contributed by atoms with E-state index in [0.717, 1.165) is 12.1 Å². The van der Waals surface area contributed by atoms with Crippen LogP contribution in [0.15, 0.2) is 30.3 Å². The molecule has 0 radical (unpaired) electrons. The second-order valence-corrected chi connectivity index (χ2v) is 5.23. The predicted octanol–water partition coefficient (Wildman–Crippen LogP) is 2.27. The number of carbonyl (C=O) groups is 1. The zero-order valence-corrected chi connectivity index (χ0v) is 11.6. The number of nitrogens with two attached hydrogens (primary N) is 1. The lowest BCUT2D eigenvalue weighted by Crippen LogP contribution is -2.39. The van der Waals surface area contributed by atoms with E-state index in [4.69, 9.17) is 5.73 Å². The van der Waals surface area contributed by atoms with Crippen LogP contribution >= 0.6 is 0 Å². The normalized spacial score (nSPS) is 12.5. The molecule has 0 spiro atoms. The van der Waals surface area contributed by atoms with Gasteiger partial charge in [0.15, 0.2) is 0 Å². The number of amides is 1. The van der Waals surface area contributed by atoms with E-state index in [-0.39, 0.29) is 11.8 Å². The molecule has 1 atom stereocenters. The number of hydrogen-bond donors (Lipinski definition) is 1. The van der Waals surface area contributed by atoms with Gasteiger partial charge in [-0.25, -0.2) is 0 Å². The molecule has 0 aliphatic heterocycles. The van der Waals surface area contributed by atoms with Crippen LogP contribution in [0.4, 0.5) is 0 Å². The molecule has 1 aromatic carbocycles. The first-order valence-corrected chi connectivity index (χ1v) is 6.57. The van der Waals surface area contributed by atoms with Crippen LogP contribution in [0.5, 0.6) is 0 Å². The van der Waals surface area contributed by atoms with E-state index in [2.05, 4.69) is 13.8 Å². The number of benzene rings is 1. The second-order valence-electron chi connectivity index (χ2n) is 5.23. The lowest BCUT2D eigenvalue weighted by atomic mass is 10.1. The standard InChI is InChI=1S/C15H24N2O/c1-12(2)10-17(15(18)13(3)9-16)11-14-7-5-4-6-8-14/h4-8,12-13H,9-11,16H2,1-3H3. The summed E-state index contributed by atoms with van der Waals surface area (Å²) >= 11 is 0. The van der Waals surface area contributed by atoms with Crippen molar-refractivity contribution in [2.75, 3.05) is 13.1 Å². The largest absolute Gasteiger partial charge is 0.338 e. The van der Waals surface area contributed by atoms with Crippen molar-refractivity contribution < 1.29 is 4.79 Å². The summed E-state index contributed by atoms with van der Waals surface area (Å²) in [5.74, 6) is 0.505. The molecule has 0 aliphatic rings. The Morgan fingerprint density at radius 3 is 2.33 bits per heavy atom. The quantitative estimate of drug-likeness (QED) is 0.839. The van der Waals surface area contributed by atoms with E-state index in [1.165, 1.54) is 0 Å². The molecular weight excluding hydrogens is 224 g/mol. The van der Waals surface area contributed by atoms with Crippen LogP contribution in [0.25, 0.3) is 0 Å². The molecule has 2 N–H and O–H groups in total. The Bertz CT molecular complexity index is 362. The Morgan fingerprint density at radius 2 is 1.83 bits per heavy atom. The highest BCUT2D eigenvalue weighted by atomic mass is 16.2. The molecule has 1 amide bonds. The van der Waals surface area contributed by atoms with Gasteiger partial charge in [-0.15, -0.1) is 0 Å². The highest BCUT2D eigenvalue weighted by molar-refractivity contribution is 5.78. The van der Waals surface area contributed by atoms with Crippen LogP contribution in [0.3, 0.4) is 0 Å². The smallest absolute Gasteiger partial charge is 0.226 e. The lowest BCUT2D eigenvalue weighted by molar-refractivity contribution is -0.135. The summed E-state index contributed by atoms with van der Waals surface area (Å²) in [6.07, 6.45) is 0. The zero-order chi connectivity index (χ0) is 13.5. The molecule has 0 fully saturated rings. The lowest BCUT2D eigenvalue weighted by Gasteiger charge is -2.27. The van der Waals surface area contributed by atoms with Crippen molar-refractivity contribution in [2.24, 2.45) is 17.6 Å². The topological polar surface area (TPSA) is 46.3 Å². The summed E-state index contributed by atoms with van der Waals surface area (Å²) in [7, 11) is 0. The summed E-state index contributed by atoms with van der Waals surface area (Å²) in [6.45, 7) is 7.99. The SMILES string of the molecule is CC(C)CN(Cc1ccccc1)C(=O)C(C)CN. The Morgan fingerprint density at radius 1 is 1.22 bits per heavy atom. The van der Waals surface area contributed by atoms with E-state index in [1.54, 1.807) is 0 Å². The Hall–Kier alpha value is -1.35. The van der Waals surface area contributed by atoms with Gasteiger partial charge in [-0.2, -0.15) is 0 Å². The van der Waals surface area contributed by atoms with Gasteiger partial charge in [-0.1, -0.05) is 51.1 Å². The molecule has 18 heavy (non-hydrogen) atoms. The number of nitrogens with zero attached hydrogens (tertiary/aromatic N) is 1. The highest BCUT2D eigenvalue weighted by Crippen LogP contribution is 2.11. The summed E-state index contributed by atoms with van der Waals surface area (Å²) in [6, 6.07) is 10.1. The molecule has 100 valence electrons. The van der Waals surface area contributed by atoms with Crippen LogP contribution < -0.4 is 5.73 Å². The van der Waals surface area contributed by atoms with Crippen molar-refractivity contribution in [1.29, 1.82) is 0 Å². The number of hydrogen-bond acceptors (Lipinski definition) is 2. The minimum absolute atomic E-state index is 0.104. The number of carbonyl (C=O) groups excluding carboxylic acids is 1. The Kier molecular flexibility index (Phi) is 5.86. The first-order chi connectivity index (χ1) is 8.54. The molecular formula is C15H24N2O. The van der Waals surface area contributed by atoms with Gasteiger partial charge in [-0.3, -0.25) is 4.79 Å². The van der Waals surface area contributed by atoms with E-state index < -0.39 is 0 Å². The van der Waals surface area contributed by atoms with Crippen molar-refractivity contribution in [2.45, 2.75) is 27.3 Å². The highest BCUT2D eigenvalue weighted by Gasteiger charge is 2.20. The minimum Gasteiger partial charge on any atom is -0.338 e. The molecule has 0 heterocycles. The average Bonchev–Trinajstić information content (AvgIpc) is 2.37. The van der Waals surface area contributed by atoms with Gasteiger partial charge >= 0.3 is 0 Å². The van der Waals surface area contributed by atoms with Gasteiger partial charge in [0.1, 0.15) is 0 Å². The van der Waals surface area contributed by atoms with E-state index in [0.29, 0.717) is 19.0 Å². The van der Waals surface area contributed by atoms with Gasteiger partial charge in [0.2, 0.25) is 5.91 Å². The van der Waals surface area contributed by atoms with Crippen molar-refractivity contribution in [3.8, 4) is 0 Å². The van der Waals surface area contributed by atoms with Crippen molar-refractivity contribution in [3.63, 3.8) is 0 Å². The summed E-state index contributed by atoms with van der Waals surface area (Å²) in [4.78, 5) is 14.2. The van der Waals surface area contributed by atoms with Gasteiger partial charge in [0, 0.05) is 25.6 Å². The maximum Gasteiger partial charge on any atom is 0.226 e. The molecule has 1 rings (SSSR count). The molecule has 1 unspecified atom stereocenters. The maximum absolute atomic E-state index is 12.3. The van der Waals surface area contributed by atoms with Gasteiger partial charge in [0.25, 0.3) is 0 Å². The van der Waals surface area contributed by atoms with Crippen molar-refractivity contribution in [1.82, 2.24) is 4.90 Å². The molecule has 0 bridgehead atoms. The molecule has 3 heteroatoms. The zero-order valence-electron chi connectivity index (χ0n) is 11.6. The first kappa shape index (κ1) is 14.7. The molecule has 3 nitrogen and oxygen atoms in total. The van der Waals surface area contributed by atoms with Crippen molar-refractivity contribution >= 4 is 5.91 Å². The van der Waals surface area contributed by atoms with Crippen LogP contribution in [-0.4, -0.2) is 23.9 Å². The maximum atomic E-state index is 12.3. The third kappa shape index (κ3) is 4.49. The summed E-state index contributed by atoms with van der Waals surface area (Å²) in [5, 5.41) is 0. The van der Waals surface area contributed by atoms with Gasteiger partial charge in [0.05, 0.1) is 0 Å². The molecule has 0 aromatic heterocycles. The second kappa shape index (κ2) is 7.17. The molecule has 1 aromatic rings. The summed E-state index contributed by atoms with van der Waals surface area (Å²) < 4.78 is 0. The Labute approximate surface area is 110 Å². The van der Waals surface area contributed by atoms with Crippen LogP contribution in [0.2, 0.25) is 0 Å². The van der Waals surface area contributed by atoms with E-state index in [9.17, 15) is 4.79 Å². The third-order valence-electron chi connectivity index (χ3n) is 2.89. The van der Waals surface area contributed by atoms with Gasteiger partial charge in [-0.05, 0) is 11.5 Å². The van der Waals surface area contributed by atoms with Gasteiger partial charge < -0.3 is 10.6 Å². The van der Waals surface area contributed by atoms with E-state index >= 15 is 0 Å². The van der Waals surface area contributed by atoms with Crippen LogP contribution in [-0.2, 0) is 11.3 Å². The fourth-order valence-electron chi connectivity index (χ4n) is 1.89. The monoisotopic (exact) mass is 248 g/mol. The molecule has 0 saturated heterocycles. The molecule has 0 saturated carbocycles.